The number of nitrogens with one attached hydrogen (secondary N) is 2. The molecule has 1 amide bonds. The van der Waals surface area contributed by atoms with Crippen LogP contribution >= 0.6 is 0 Å². The molecule has 32 heavy (non-hydrogen) atoms. The summed E-state index contributed by atoms with van der Waals surface area (Å²) in [5.41, 5.74) is 3.13. The van der Waals surface area contributed by atoms with Gasteiger partial charge in [0.1, 0.15) is 22.7 Å². The van der Waals surface area contributed by atoms with Crippen molar-refractivity contribution in [2.24, 2.45) is 0 Å². The third-order valence-electron chi connectivity index (χ3n) is 6.05. The summed E-state index contributed by atoms with van der Waals surface area (Å²) in [6, 6.07) is 18.1. The summed E-state index contributed by atoms with van der Waals surface area (Å²) in [7, 11) is 1.60. The van der Waals surface area contributed by atoms with Gasteiger partial charge >= 0.3 is 0 Å². The Kier molecular flexibility index (Phi) is 5.41. The lowest BCUT2D eigenvalue weighted by Crippen LogP contribution is -3.15. The molecular formula is C25H25FN3O3+. The zero-order chi connectivity index (χ0) is 22.1. The molecule has 0 saturated carbocycles. The van der Waals surface area contributed by atoms with E-state index in [4.69, 9.17) is 9.15 Å². The number of amides is 1. The fraction of sp³-hybridized carbons (Fsp3) is 0.240. The molecule has 0 radical (unpaired) electrons. The predicted molar refractivity (Wildman–Crippen MR) is 123 cm³/mol. The number of fused-ring (bicyclic) bond motifs is 3. The molecule has 0 aliphatic carbocycles. The number of hydrogen-bond acceptors (Lipinski definition) is 4. The number of nitrogens with zero attached hydrogens (tertiary/aromatic N) is 1. The summed E-state index contributed by atoms with van der Waals surface area (Å²) in [4.78, 5) is 16.2. The fourth-order valence-electron chi connectivity index (χ4n) is 4.35. The van der Waals surface area contributed by atoms with Crippen LogP contribution in [0.5, 0.6) is 5.75 Å². The monoisotopic (exact) mass is 434 g/mol. The van der Waals surface area contributed by atoms with Gasteiger partial charge in [0.05, 0.1) is 39.0 Å². The normalized spacial score (nSPS) is 14.8. The second kappa shape index (κ2) is 8.51. The minimum atomic E-state index is -0.231. The van der Waals surface area contributed by atoms with Gasteiger partial charge in [-0.25, -0.2) is 4.39 Å². The summed E-state index contributed by atoms with van der Waals surface area (Å²) in [5.74, 6) is 0.309. The van der Waals surface area contributed by atoms with Crippen molar-refractivity contribution in [1.82, 2.24) is 0 Å². The van der Waals surface area contributed by atoms with Gasteiger partial charge in [0.2, 0.25) is 0 Å². The zero-order valence-electron chi connectivity index (χ0n) is 17.9. The van der Waals surface area contributed by atoms with Crippen LogP contribution in [0.15, 0.2) is 65.1 Å². The van der Waals surface area contributed by atoms with E-state index in [1.54, 1.807) is 19.2 Å². The van der Waals surface area contributed by atoms with E-state index in [-0.39, 0.29) is 11.7 Å². The molecule has 1 aliphatic heterocycles. The summed E-state index contributed by atoms with van der Waals surface area (Å²) in [6.45, 7) is 3.69. The van der Waals surface area contributed by atoms with Crippen molar-refractivity contribution in [2.45, 2.75) is 0 Å². The molecule has 0 unspecified atom stereocenters. The van der Waals surface area contributed by atoms with E-state index in [1.807, 2.05) is 36.4 Å². The van der Waals surface area contributed by atoms with Crippen LogP contribution in [0.1, 0.15) is 0 Å². The number of furan rings is 1. The van der Waals surface area contributed by atoms with Crippen molar-refractivity contribution in [2.75, 3.05) is 50.1 Å². The van der Waals surface area contributed by atoms with Gasteiger partial charge in [0.25, 0.3) is 5.91 Å². The highest BCUT2D eigenvalue weighted by atomic mass is 19.1. The Hall–Kier alpha value is -3.58. The smallest absolute Gasteiger partial charge is 0.279 e. The van der Waals surface area contributed by atoms with Crippen LogP contribution in [0.4, 0.5) is 15.8 Å². The van der Waals surface area contributed by atoms with Crippen LogP contribution in [-0.4, -0.2) is 45.7 Å². The van der Waals surface area contributed by atoms with Crippen molar-refractivity contribution in [1.29, 1.82) is 0 Å². The third kappa shape index (κ3) is 3.99. The van der Waals surface area contributed by atoms with Gasteiger partial charge in [0.15, 0.2) is 6.54 Å². The van der Waals surface area contributed by atoms with Gasteiger partial charge in [-0.1, -0.05) is 18.2 Å². The highest BCUT2D eigenvalue weighted by Gasteiger charge is 2.23. The van der Waals surface area contributed by atoms with E-state index in [9.17, 15) is 9.18 Å². The van der Waals surface area contributed by atoms with Crippen LogP contribution in [0.25, 0.3) is 21.9 Å². The summed E-state index contributed by atoms with van der Waals surface area (Å²) in [5, 5.41) is 4.97. The topological polar surface area (TPSA) is 59.1 Å². The van der Waals surface area contributed by atoms with E-state index in [0.717, 1.165) is 48.2 Å². The molecule has 0 spiro atoms. The minimum Gasteiger partial charge on any atom is -0.495 e. The number of halogens is 1. The van der Waals surface area contributed by atoms with Crippen LogP contribution in [-0.2, 0) is 4.79 Å². The summed E-state index contributed by atoms with van der Waals surface area (Å²) in [6.07, 6.45) is 0. The van der Waals surface area contributed by atoms with Crippen molar-refractivity contribution in [3.05, 3.63) is 66.5 Å². The average Bonchev–Trinajstić information content (AvgIpc) is 3.17. The van der Waals surface area contributed by atoms with Crippen LogP contribution < -0.4 is 19.9 Å². The van der Waals surface area contributed by atoms with Crippen molar-refractivity contribution < 1.29 is 23.2 Å². The lowest BCUT2D eigenvalue weighted by atomic mass is 10.1. The molecule has 6 nitrogen and oxygen atoms in total. The first kappa shape index (κ1) is 20.3. The van der Waals surface area contributed by atoms with Crippen molar-refractivity contribution in [3.8, 4) is 5.75 Å². The standard InChI is InChI=1S/C25H24FN3O3/c1-31-24-14-20-19-4-2-3-5-22(19)32-23(20)15-21(24)27-25(30)16-28-10-12-29(13-11-28)18-8-6-17(26)7-9-18/h2-9,14-15H,10-13,16H2,1H3,(H,27,30)/p+1. The number of quaternary nitrogens is 1. The summed E-state index contributed by atoms with van der Waals surface area (Å²) >= 11 is 0. The number of methoxy groups -OCH3 is 1. The SMILES string of the molecule is COc1cc2c(cc1NC(=O)C[NH+]1CCN(c3ccc(F)cc3)CC1)oc1ccccc12. The van der Waals surface area contributed by atoms with Gasteiger partial charge in [-0.05, 0) is 36.4 Å². The molecule has 4 aromatic rings. The molecule has 164 valence electrons. The van der Waals surface area contributed by atoms with E-state index in [0.29, 0.717) is 23.6 Å². The van der Waals surface area contributed by atoms with Crippen LogP contribution in [0.3, 0.4) is 0 Å². The number of carbonyl (C=O) groups excluding carboxylic acids is 1. The Balaban J connectivity index is 1.25. The average molecular weight is 434 g/mol. The lowest BCUT2D eigenvalue weighted by Gasteiger charge is -2.33. The largest absolute Gasteiger partial charge is 0.495 e. The molecule has 1 aliphatic rings. The van der Waals surface area contributed by atoms with Gasteiger partial charge in [-0.3, -0.25) is 4.79 Å². The number of para-hydroxylation sites is 1. The Morgan fingerprint density at radius 3 is 2.56 bits per heavy atom. The first-order valence-electron chi connectivity index (χ1n) is 10.7. The van der Waals surface area contributed by atoms with E-state index in [1.165, 1.54) is 17.0 Å². The van der Waals surface area contributed by atoms with Crippen molar-refractivity contribution in [3.63, 3.8) is 0 Å². The number of rotatable bonds is 5. The molecule has 2 N–H and O–H groups in total. The molecule has 2 heterocycles. The van der Waals surface area contributed by atoms with Crippen LogP contribution in [0.2, 0.25) is 0 Å². The third-order valence-corrected chi connectivity index (χ3v) is 6.05. The maximum atomic E-state index is 13.2. The number of carbonyl (C=O) groups is 1. The number of benzene rings is 3. The molecule has 1 aromatic heterocycles. The lowest BCUT2D eigenvalue weighted by molar-refractivity contribution is -0.892. The Morgan fingerprint density at radius 1 is 1.06 bits per heavy atom. The fourth-order valence-corrected chi connectivity index (χ4v) is 4.35. The first-order chi connectivity index (χ1) is 15.6. The second-order valence-electron chi connectivity index (χ2n) is 8.09. The second-order valence-corrected chi connectivity index (χ2v) is 8.09. The maximum absolute atomic E-state index is 13.2. The van der Waals surface area contributed by atoms with E-state index in [2.05, 4.69) is 10.2 Å². The number of hydrogen-bond donors (Lipinski definition) is 2. The molecule has 3 aromatic carbocycles. The molecule has 0 atom stereocenters. The molecular weight excluding hydrogens is 409 g/mol. The van der Waals surface area contributed by atoms with Gasteiger partial charge < -0.3 is 24.3 Å². The van der Waals surface area contributed by atoms with E-state index >= 15 is 0 Å². The maximum Gasteiger partial charge on any atom is 0.279 e. The molecule has 1 fully saturated rings. The number of anilines is 2. The van der Waals surface area contributed by atoms with Gasteiger partial charge in [-0.15, -0.1) is 0 Å². The highest BCUT2D eigenvalue weighted by Crippen LogP contribution is 2.36. The van der Waals surface area contributed by atoms with Crippen LogP contribution in [0, 0.1) is 5.82 Å². The Morgan fingerprint density at radius 2 is 1.81 bits per heavy atom. The molecule has 5 rings (SSSR count). The minimum absolute atomic E-state index is 0.0657. The first-order valence-corrected chi connectivity index (χ1v) is 10.7. The predicted octanol–water partition coefficient (Wildman–Crippen LogP) is 3.08. The molecule has 1 saturated heterocycles. The quantitative estimate of drug-likeness (QED) is 0.507. The van der Waals surface area contributed by atoms with E-state index < -0.39 is 0 Å². The molecule has 0 bridgehead atoms. The number of ether oxygens (including phenoxy) is 1. The Labute approximate surface area is 185 Å². The highest BCUT2D eigenvalue weighted by molar-refractivity contribution is 6.07. The van der Waals surface area contributed by atoms with Crippen molar-refractivity contribution >= 4 is 39.2 Å². The summed E-state index contributed by atoms with van der Waals surface area (Å²) < 4.78 is 24.6. The molecule has 7 heteroatoms. The number of piperazine rings is 1. The Bertz CT molecular complexity index is 1260. The zero-order valence-corrected chi connectivity index (χ0v) is 17.9. The van der Waals surface area contributed by atoms with Gasteiger partial charge in [-0.2, -0.15) is 0 Å². The van der Waals surface area contributed by atoms with Gasteiger partial charge in [0, 0.05) is 22.5 Å².